The van der Waals surface area contributed by atoms with Crippen LogP contribution < -0.4 is 0 Å². The first kappa shape index (κ1) is 18.3. The monoisotopic (exact) mass is 372 g/mol. The van der Waals surface area contributed by atoms with Crippen LogP contribution in [0.1, 0.15) is 40.7 Å². The number of hydrogen-bond donors (Lipinski definition) is 1. The second-order valence-electron chi connectivity index (χ2n) is 7.02. The highest BCUT2D eigenvalue weighted by molar-refractivity contribution is 7.13. The van der Waals surface area contributed by atoms with Gasteiger partial charge in [0.2, 0.25) is 5.91 Å². The summed E-state index contributed by atoms with van der Waals surface area (Å²) in [5, 5.41) is 9.00. The van der Waals surface area contributed by atoms with Gasteiger partial charge >= 0.3 is 5.97 Å². The Labute approximate surface area is 149 Å². The maximum Gasteiger partial charge on any atom is 0.345 e. The highest BCUT2D eigenvalue weighted by Crippen LogP contribution is 2.45. The van der Waals surface area contributed by atoms with Crippen molar-refractivity contribution in [2.45, 2.75) is 38.7 Å². The lowest BCUT2D eigenvalue weighted by Gasteiger charge is -2.49. The van der Waals surface area contributed by atoms with Crippen LogP contribution in [0.4, 0.5) is 8.78 Å². The summed E-state index contributed by atoms with van der Waals surface area (Å²) in [5.74, 6) is -4.10. The number of alkyl halides is 2. The van der Waals surface area contributed by atoms with Gasteiger partial charge in [0, 0.05) is 37.5 Å². The molecule has 0 aliphatic carbocycles. The molecule has 138 valence electrons. The SMILES string of the molecule is CCN1CCCC2(CN(Cc3ccc(C(=O)O)s3)CC(F)(F)C2)C1=O. The van der Waals surface area contributed by atoms with Gasteiger partial charge in [0.1, 0.15) is 4.88 Å². The van der Waals surface area contributed by atoms with Gasteiger partial charge in [-0.3, -0.25) is 9.69 Å². The number of aromatic carboxylic acids is 1. The third kappa shape index (κ3) is 3.69. The van der Waals surface area contributed by atoms with E-state index in [1.165, 1.54) is 6.07 Å². The molecule has 3 rings (SSSR count). The van der Waals surface area contributed by atoms with Crippen LogP contribution in [0.15, 0.2) is 12.1 Å². The fourth-order valence-corrected chi connectivity index (χ4v) is 4.98. The van der Waals surface area contributed by atoms with Crippen LogP contribution in [0.2, 0.25) is 0 Å². The standard InChI is InChI=1S/C17H22F2N2O3S/c1-2-21-7-3-6-16(15(21)24)9-17(18,19)11-20(10-16)8-12-4-5-13(25-12)14(22)23/h4-5H,2-3,6-11H2,1H3,(H,22,23). The molecule has 5 nitrogen and oxygen atoms in total. The number of thiophene rings is 1. The van der Waals surface area contributed by atoms with Gasteiger partial charge in [-0.2, -0.15) is 0 Å². The smallest absolute Gasteiger partial charge is 0.345 e. The topological polar surface area (TPSA) is 60.9 Å². The maximum absolute atomic E-state index is 14.4. The Balaban J connectivity index is 1.80. The van der Waals surface area contributed by atoms with Gasteiger partial charge in [-0.1, -0.05) is 0 Å². The van der Waals surface area contributed by atoms with Crippen molar-refractivity contribution < 1.29 is 23.5 Å². The quantitative estimate of drug-likeness (QED) is 0.883. The molecule has 8 heteroatoms. The van der Waals surface area contributed by atoms with Crippen LogP contribution in [-0.2, 0) is 11.3 Å². The number of rotatable bonds is 4. The van der Waals surface area contributed by atoms with Gasteiger partial charge in [0.05, 0.1) is 12.0 Å². The third-order valence-electron chi connectivity index (χ3n) is 5.04. The molecule has 1 amide bonds. The minimum absolute atomic E-state index is 0.164. The van der Waals surface area contributed by atoms with Crippen molar-refractivity contribution in [3.63, 3.8) is 0 Å². The Morgan fingerprint density at radius 2 is 2.12 bits per heavy atom. The molecule has 1 N–H and O–H groups in total. The Kier molecular flexibility index (Phi) is 4.85. The summed E-state index contributed by atoms with van der Waals surface area (Å²) in [6, 6.07) is 3.15. The highest BCUT2D eigenvalue weighted by atomic mass is 32.1. The summed E-state index contributed by atoms with van der Waals surface area (Å²) in [6.45, 7) is 3.20. The van der Waals surface area contributed by atoms with Gasteiger partial charge in [0.25, 0.3) is 5.92 Å². The number of carbonyl (C=O) groups excluding carboxylic acids is 1. The zero-order valence-electron chi connectivity index (χ0n) is 14.1. The average molecular weight is 372 g/mol. The molecule has 1 unspecified atom stereocenters. The lowest BCUT2D eigenvalue weighted by molar-refractivity contribution is -0.169. The van der Waals surface area contributed by atoms with Gasteiger partial charge in [0.15, 0.2) is 0 Å². The molecule has 2 aliphatic heterocycles. The van der Waals surface area contributed by atoms with Crippen LogP contribution >= 0.6 is 11.3 Å². The van der Waals surface area contributed by atoms with Gasteiger partial charge in [-0.05, 0) is 31.9 Å². The molecule has 1 aromatic rings. The first-order valence-corrected chi connectivity index (χ1v) is 9.28. The van der Waals surface area contributed by atoms with Gasteiger partial charge in [-0.25, -0.2) is 13.6 Å². The van der Waals surface area contributed by atoms with E-state index in [9.17, 15) is 18.4 Å². The Morgan fingerprint density at radius 1 is 1.36 bits per heavy atom. The van der Waals surface area contributed by atoms with Crippen molar-refractivity contribution >= 4 is 23.2 Å². The van der Waals surface area contributed by atoms with Crippen LogP contribution in [0.3, 0.4) is 0 Å². The Bertz CT molecular complexity index is 679. The van der Waals surface area contributed by atoms with E-state index in [-0.39, 0.29) is 17.3 Å². The third-order valence-corrected chi connectivity index (χ3v) is 6.09. The minimum atomic E-state index is -2.92. The number of nitrogens with zero attached hydrogens (tertiary/aromatic N) is 2. The molecule has 0 aromatic carbocycles. The van der Waals surface area contributed by atoms with Crippen LogP contribution in [0.25, 0.3) is 0 Å². The molecular weight excluding hydrogens is 350 g/mol. The molecule has 1 spiro atoms. The fourth-order valence-electron chi connectivity index (χ4n) is 4.09. The highest BCUT2D eigenvalue weighted by Gasteiger charge is 2.54. The summed E-state index contributed by atoms with van der Waals surface area (Å²) in [4.78, 5) is 28.0. The first-order valence-electron chi connectivity index (χ1n) is 8.46. The number of halogens is 2. The largest absolute Gasteiger partial charge is 0.477 e. The molecule has 0 bridgehead atoms. The lowest BCUT2D eigenvalue weighted by atomic mass is 9.71. The summed E-state index contributed by atoms with van der Waals surface area (Å²) in [5.41, 5.74) is -1.02. The Hall–Kier alpha value is -1.54. The van der Waals surface area contributed by atoms with E-state index in [1.807, 2.05) is 6.92 Å². The molecule has 3 heterocycles. The zero-order chi connectivity index (χ0) is 18.2. The predicted molar refractivity (Wildman–Crippen MR) is 90.0 cm³/mol. The second kappa shape index (κ2) is 6.64. The van der Waals surface area contributed by atoms with E-state index >= 15 is 0 Å². The van der Waals surface area contributed by atoms with Crippen molar-refractivity contribution in [3.05, 3.63) is 21.9 Å². The molecule has 0 radical (unpaired) electrons. The molecule has 25 heavy (non-hydrogen) atoms. The van der Waals surface area contributed by atoms with Gasteiger partial charge < -0.3 is 10.0 Å². The number of hydrogen-bond acceptors (Lipinski definition) is 4. The molecule has 2 aliphatic rings. The molecule has 1 aromatic heterocycles. The van der Waals surface area contributed by atoms with Crippen molar-refractivity contribution in [2.75, 3.05) is 26.2 Å². The van der Waals surface area contributed by atoms with E-state index < -0.39 is 30.3 Å². The molecule has 2 saturated heterocycles. The minimum Gasteiger partial charge on any atom is -0.477 e. The van der Waals surface area contributed by atoms with E-state index in [1.54, 1.807) is 15.9 Å². The summed E-state index contributed by atoms with van der Waals surface area (Å²) in [6.07, 6.45) is 0.835. The number of carboxylic acid groups (broad SMARTS) is 1. The Morgan fingerprint density at radius 3 is 2.76 bits per heavy atom. The van der Waals surface area contributed by atoms with Crippen molar-refractivity contribution in [2.24, 2.45) is 5.41 Å². The molecule has 2 fully saturated rings. The van der Waals surface area contributed by atoms with Crippen molar-refractivity contribution in [3.8, 4) is 0 Å². The molecule has 1 atom stereocenters. The van der Waals surface area contributed by atoms with E-state index in [2.05, 4.69) is 0 Å². The number of carboxylic acids is 1. The maximum atomic E-state index is 14.4. The van der Waals surface area contributed by atoms with Crippen LogP contribution in [0, 0.1) is 5.41 Å². The number of amides is 1. The first-order chi connectivity index (χ1) is 11.7. The fraction of sp³-hybridized carbons (Fsp3) is 0.647. The number of likely N-dealkylation sites (tertiary alicyclic amines) is 2. The number of carbonyl (C=O) groups is 2. The normalized spacial score (nSPS) is 27.0. The number of piperidine rings is 2. The second-order valence-corrected chi connectivity index (χ2v) is 8.19. The molecule has 0 saturated carbocycles. The van der Waals surface area contributed by atoms with Gasteiger partial charge in [-0.15, -0.1) is 11.3 Å². The van der Waals surface area contributed by atoms with E-state index in [4.69, 9.17) is 5.11 Å². The van der Waals surface area contributed by atoms with Crippen molar-refractivity contribution in [1.29, 1.82) is 0 Å². The summed E-state index contributed by atoms with van der Waals surface area (Å²) in [7, 11) is 0. The van der Waals surface area contributed by atoms with Crippen LogP contribution in [0.5, 0.6) is 0 Å². The zero-order valence-corrected chi connectivity index (χ0v) is 15.0. The molecular formula is C17H22F2N2O3S. The summed E-state index contributed by atoms with van der Waals surface area (Å²) >= 11 is 1.09. The van der Waals surface area contributed by atoms with E-state index in [0.29, 0.717) is 26.1 Å². The van der Waals surface area contributed by atoms with Crippen molar-refractivity contribution in [1.82, 2.24) is 9.80 Å². The van der Waals surface area contributed by atoms with Crippen LogP contribution in [-0.4, -0.2) is 58.9 Å². The predicted octanol–water partition coefficient (Wildman–Crippen LogP) is 2.92. The summed E-state index contributed by atoms with van der Waals surface area (Å²) < 4.78 is 28.8. The lowest BCUT2D eigenvalue weighted by Crippen LogP contribution is -2.60. The average Bonchev–Trinajstić information content (AvgIpc) is 2.97. The van der Waals surface area contributed by atoms with E-state index in [0.717, 1.165) is 22.6 Å².